The van der Waals surface area contributed by atoms with Gasteiger partial charge in [-0.2, -0.15) is 5.10 Å². The molecule has 0 radical (unpaired) electrons. The first-order chi connectivity index (χ1) is 11.2. The van der Waals surface area contributed by atoms with Crippen LogP contribution in [0.5, 0.6) is 0 Å². The van der Waals surface area contributed by atoms with E-state index in [0.29, 0.717) is 0 Å². The predicted octanol–water partition coefficient (Wildman–Crippen LogP) is 2.03. The Morgan fingerprint density at radius 2 is 2.26 bits per heavy atom. The van der Waals surface area contributed by atoms with Crippen LogP contribution in [-0.2, 0) is 18.4 Å². The average molecular weight is 314 g/mol. The predicted molar refractivity (Wildman–Crippen MR) is 85.8 cm³/mol. The third kappa shape index (κ3) is 2.57. The van der Waals surface area contributed by atoms with E-state index in [2.05, 4.69) is 10.00 Å². The number of amides is 1. The maximum Gasteiger partial charge on any atom is 0.234 e. The van der Waals surface area contributed by atoms with Crippen LogP contribution in [0.1, 0.15) is 25.0 Å². The molecule has 2 aliphatic rings. The van der Waals surface area contributed by atoms with Crippen LogP contribution < -0.4 is 4.90 Å². The molecular formula is C17H22N4O2. The van der Waals surface area contributed by atoms with Gasteiger partial charge in [-0.25, -0.2) is 0 Å². The Balaban J connectivity index is 1.50. The standard InChI is InChI=1S/C17H22N4O2/c1-19-11-14(10-18-19)21-8-6-17(16(21)22)5-3-7-20(13-17)12-15-4-2-9-23-15/h2,4,9-11H,3,5-8,12-13H2,1H3. The minimum atomic E-state index is -0.235. The summed E-state index contributed by atoms with van der Waals surface area (Å²) in [5.41, 5.74) is 0.679. The number of hydrogen-bond donors (Lipinski definition) is 0. The maximum atomic E-state index is 13.1. The number of rotatable bonds is 3. The zero-order valence-electron chi connectivity index (χ0n) is 13.4. The highest BCUT2D eigenvalue weighted by molar-refractivity contribution is 6.00. The van der Waals surface area contributed by atoms with Gasteiger partial charge in [-0.1, -0.05) is 0 Å². The van der Waals surface area contributed by atoms with Crippen molar-refractivity contribution in [3.05, 3.63) is 36.5 Å². The Hall–Kier alpha value is -2.08. The van der Waals surface area contributed by atoms with Crippen molar-refractivity contribution in [2.24, 2.45) is 12.5 Å². The fraction of sp³-hybridized carbons (Fsp3) is 0.529. The summed E-state index contributed by atoms with van der Waals surface area (Å²) in [5.74, 6) is 1.23. The molecule has 4 rings (SSSR count). The number of anilines is 1. The molecule has 23 heavy (non-hydrogen) atoms. The zero-order chi connectivity index (χ0) is 15.9. The highest BCUT2D eigenvalue weighted by Gasteiger charge is 2.49. The van der Waals surface area contributed by atoms with E-state index in [1.54, 1.807) is 17.1 Å². The molecule has 2 aliphatic heterocycles. The van der Waals surface area contributed by atoms with Gasteiger partial charge in [0.1, 0.15) is 5.76 Å². The van der Waals surface area contributed by atoms with Crippen molar-refractivity contribution in [3.8, 4) is 0 Å². The molecule has 0 saturated carbocycles. The second kappa shape index (κ2) is 5.53. The lowest BCUT2D eigenvalue weighted by atomic mass is 9.78. The highest BCUT2D eigenvalue weighted by Crippen LogP contribution is 2.42. The maximum absolute atomic E-state index is 13.1. The third-order valence-electron chi connectivity index (χ3n) is 5.13. The van der Waals surface area contributed by atoms with E-state index in [4.69, 9.17) is 4.42 Å². The topological polar surface area (TPSA) is 54.5 Å². The number of carbonyl (C=O) groups is 1. The summed E-state index contributed by atoms with van der Waals surface area (Å²) in [6.07, 6.45) is 8.38. The molecule has 0 aliphatic carbocycles. The molecule has 122 valence electrons. The van der Waals surface area contributed by atoms with Gasteiger partial charge in [-0.15, -0.1) is 0 Å². The normalized spacial score (nSPS) is 25.6. The molecule has 4 heterocycles. The SMILES string of the molecule is Cn1cc(N2CCC3(CCCN(Cc4ccco4)C3)C2=O)cn1. The van der Waals surface area contributed by atoms with E-state index in [-0.39, 0.29) is 11.3 Å². The van der Waals surface area contributed by atoms with Crippen molar-refractivity contribution in [1.29, 1.82) is 0 Å². The summed E-state index contributed by atoms with van der Waals surface area (Å²) in [4.78, 5) is 17.3. The molecule has 6 heteroatoms. The lowest BCUT2D eigenvalue weighted by Gasteiger charge is -2.38. The lowest BCUT2D eigenvalue weighted by Crippen LogP contribution is -2.47. The molecule has 2 aromatic heterocycles. The van der Waals surface area contributed by atoms with Crippen LogP contribution >= 0.6 is 0 Å². The third-order valence-corrected chi connectivity index (χ3v) is 5.13. The number of carbonyl (C=O) groups excluding carboxylic acids is 1. The van der Waals surface area contributed by atoms with E-state index >= 15 is 0 Å². The molecule has 1 spiro atoms. The number of nitrogens with zero attached hydrogens (tertiary/aromatic N) is 4. The van der Waals surface area contributed by atoms with Gasteiger partial charge in [-0.05, 0) is 37.9 Å². The summed E-state index contributed by atoms with van der Waals surface area (Å²) >= 11 is 0. The number of aromatic nitrogens is 2. The van der Waals surface area contributed by atoms with E-state index in [9.17, 15) is 4.79 Å². The van der Waals surface area contributed by atoms with Gasteiger partial charge in [0.15, 0.2) is 0 Å². The molecule has 2 saturated heterocycles. The molecule has 2 fully saturated rings. The number of furan rings is 1. The van der Waals surface area contributed by atoms with E-state index < -0.39 is 0 Å². The van der Waals surface area contributed by atoms with E-state index in [1.165, 1.54) is 0 Å². The molecule has 1 unspecified atom stereocenters. The average Bonchev–Trinajstić information content (AvgIpc) is 3.24. The molecule has 0 bridgehead atoms. The summed E-state index contributed by atoms with van der Waals surface area (Å²) in [6, 6.07) is 3.92. The first-order valence-corrected chi connectivity index (χ1v) is 8.22. The quantitative estimate of drug-likeness (QED) is 0.870. The van der Waals surface area contributed by atoms with E-state index in [1.807, 2.05) is 30.3 Å². The van der Waals surface area contributed by atoms with Crippen molar-refractivity contribution in [2.75, 3.05) is 24.5 Å². The number of likely N-dealkylation sites (tertiary alicyclic amines) is 1. The number of hydrogen-bond acceptors (Lipinski definition) is 4. The fourth-order valence-electron chi connectivity index (χ4n) is 3.98. The second-order valence-corrected chi connectivity index (χ2v) is 6.75. The summed E-state index contributed by atoms with van der Waals surface area (Å²) in [6.45, 7) is 3.43. The minimum Gasteiger partial charge on any atom is -0.468 e. The van der Waals surface area contributed by atoms with Gasteiger partial charge in [0, 0.05) is 26.3 Å². The summed E-state index contributed by atoms with van der Waals surface area (Å²) < 4.78 is 7.21. The Labute approximate surface area is 135 Å². The van der Waals surface area contributed by atoms with Gasteiger partial charge in [-0.3, -0.25) is 14.4 Å². The second-order valence-electron chi connectivity index (χ2n) is 6.75. The van der Waals surface area contributed by atoms with Crippen LogP contribution in [-0.4, -0.2) is 40.2 Å². The Bertz CT molecular complexity index is 693. The highest BCUT2D eigenvalue weighted by atomic mass is 16.3. The van der Waals surface area contributed by atoms with Gasteiger partial charge in [0.25, 0.3) is 0 Å². The summed E-state index contributed by atoms with van der Waals surface area (Å²) in [5, 5.41) is 4.19. The number of piperidine rings is 1. The first kappa shape index (κ1) is 14.5. The first-order valence-electron chi connectivity index (χ1n) is 8.22. The van der Waals surface area contributed by atoms with Crippen LogP contribution in [0.15, 0.2) is 35.2 Å². The van der Waals surface area contributed by atoms with Crippen molar-refractivity contribution < 1.29 is 9.21 Å². The molecule has 6 nitrogen and oxygen atoms in total. The van der Waals surface area contributed by atoms with Crippen molar-refractivity contribution in [1.82, 2.24) is 14.7 Å². The van der Waals surface area contributed by atoms with Gasteiger partial charge >= 0.3 is 0 Å². The fourth-order valence-corrected chi connectivity index (χ4v) is 3.98. The molecule has 0 N–H and O–H groups in total. The Morgan fingerprint density at radius 3 is 3.00 bits per heavy atom. The summed E-state index contributed by atoms with van der Waals surface area (Å²) in [7, 11) is 1.88. The monoisotopic (exact) mass is 314 g/mol. The van der Waals surface area contributed by atoms with Crippen LogP contribution in [0.4, 0.5) is 5.69 Å². The van der Waals surface area contributed by atoms with Crippen molar-refractivity contribution in [2.45, 2.75) is 25.8 Å². The largest absolute Gasteiger partial charge is 0.468 e. The van der Waals surface area contributed by atoms with Crippen LogP contribution in [0.2, 0.25) is 0 Å². The van der Waals surface area contributed by atoms with Crippen molar-refractivity contribution in [3.63, 3.8) is 0 Å². The van der Waals surface area contributed by atoms with Crippen molar-refractivity contribution >= 4 is 11.6 Å². The Morgan fingerprint density at radius 1 is 1.35 bits per heavy atom. The van der Waals surface area contributed by atoms with E-state index in [0.717, 1.165) is 56.9 Å². The molecule has 1 atom stereocenters. The molecular weight excluding hydrogens is 292 g/mol. The van der Waals surface area contributed by atoms with Gasteiger partial charge < -0.3 is 9.32 Å². The van der Waals surface area contributed by atoms with Crippen LogP contribution in [0, 0.1) is 5.41 Å². The zero-order valence-corrected chi connectivity index (χ0v) is 13.4. The molecule has 1 amide bonds. The van der Waals surface area contributed by atoms with Crippen LogP contribution in [0.25, 0.3) is 0 Å². The minimum absolute atomic E-state index is 0.235. The smallest absolute Gasteiger partial charge is 0.234 e. The van der Waals surface area contributed by atoms with Gasteiger partial charge in [0.2, 0.25) is 5.91 Å². The lowest BCUT2D eigenvalue weighted by molar-refractivity contribution is -0.128. The molecule has 0 aromatic carbocycles. The van der Waals surface area contributed by atoms with Crippen LogP contribution in [0.3, 0.4) is 0 Å². The Kier molecular flexibility index (Phi) is 3.49. The molecule has 2 aromatic rings. The van der Waals surface area contributed by atoms with Gasteiger partial charge in [0.05, 0.1) is 30.1 Å². The number of aryl methyl sites for hydroxylation is 1.